The van der Waals surface area contributed by atoms with Crippen molar-refractivity contribution in [3.63, 3.8) is 0 Å². The fraction of sp³-hybridized carbons (Fsp3) is 0.417. The second-order valence-corrected chi connectivity index (χ2v) is 9.67. The largest absolute Gasteiger partial charge is 0.482 e. The number of benzene rings is 2. The summed E-state index contributed by atoms with van der Waals surface area (Å²) in [6.45, 7) is 7.89. The highest BCUT2D eigenvalue weighted by atomic mass is 79.9. The second kappa shape index (κ2) is 11.5. The molecule has 1 N–H and O–H groups in total. The van der Waals surface area contributed by atoms with E-state index in [2.05, 4.69) is 21.2 Å². The minimum atomic E-state index is -0.584. The van der Waals surface area contributed by atoms with Gasteiger partial charge in [-0.2, -0.15) is 0 Å². The Morgan fingerprint density at radius 1 is 1.16 bits per heavy atom. The molecular weight excluding hydrogens is 480 g/mol. The van der Waals surface area contributed by atoms with E-state index >= 15 is 0 Å². The van der Waals surface area contributed by atoms with Crippen LogP contribution in [0.15, 0.2) is 53.0 Å². The maximum Gasteiger partial charge on any atom is 0.261 e. The van der Waals surface area contributed by atoms with Crippen LogP contribution in [0.1, 0.15) is 39.7 Å². The van der Waals surface area contributed by atoms with E-state index in [1.807, 2.05) is 58.0 Å². The summed E-state index contributed by atoms with van der Waals surface area (Å²) < 4.78 is 6.51. The molecule has 7 heteroatoms. The first-order chi connectivity index (χ1) is 14.6. The Bertz CT molecular complexity index is 884. The van der Waals surface area contributed by atoms with Crippen molar-refractivity contribution >= 4 is 39.3 Å². The van der Waals surface area contributed by atoms with Crippen molar-refractivity contribution in [2.24, 2.45) is 0 Å². The Kier molecular flexibility index (Phi) is 9.38. The maximum atomic E-state index is 13.2. The number of carbonyl (C=O) groups excluding carboxylic acids is 2. The number of halogens is 2. The zero-order valence-corrected chi connectivity index (χ0v) is 20.8. The molecule has 31 heavy (non-hydrogen) atoms. The lowest BCUT2D eigenvalue weighted by Crippen LogP contribution is -2.54. The Balaban J connectivity index is 2.17. The third-order valence-corrected chi connectivity index (χ3v) is 5.40. The summed E-state index contributed by atoms with van der Waals surface area (Å²) >= 11 is 9.55. The summed E-state index contributed by atoms with van der Waals surface area (Å²) in [7, 11) is 0. The highest BCUT2D eigenvalue weighted by molar-refractivity contribution is 9.10. The first-order valence-electron chi connectivity index (χ1n) is 10.3. The van der Waals surface area contributed by atoms with Gasteiger partial charge in [-0.1, -0.05) is 64.8 Å². The predicted octanol–water partition coefficient (Wildman–Crippen LogP) is 5.25. The fourth-order valence-corrected chi connectivity index (χ4v) is 3.89. The Labute approximate surface area is 198 Å². The highest BCUT2D eigenvalue weighted by Crippen LogP contribution is 2.27. The number of hydrogen-bond acceptors (Lipinski definition) is 3. The summed E-state index contributed by atoms with van der Waals surface area (Å²) in [5, 5.41) is 3.41. The molecule has 0 aliphatic heterocycles. The van der Waals surface area contributed by atoms with Gasteiger partial charge in [0.1, 0.15) is 11.8 Å². The van der Waals surface area contributed by atoms with E-state index in [0.717, 1.165) is 10.0 Å². The van der Waals surface area contributed by atoms with Crippen LogP contribution in [0.5, 0.6) is 5.75 Å². The quantitative estimate of drug-likeness (QED) is 0.502. The van der Waals surface area contributed by atoms with Crippen LogP contribution in [-0.4, -0.2) is 41.4 Å². The van der Waals surface area contributed by atoms with Crippen LogP contribution in [0.25, 0.3) is 0 Å². The van der Waals surface area contributed by atoms with E-state index in [4.69, 9.17) is 16.3 Å². The smallest absolute Gasteiger partial charge is 0.261 e. The molecule has 0 saturated carbocycles. The van der Waals surface area contributed by atoms with Gasteiger partial charge in [-0.15, -0.1) is 0 Å². The molecule has 2 rings (SSSR count). The molecule has 0 radical (unpaired) electrons. The van der Waals surface area contributed by atoms with Gasteiger partial charge in [-0.05, 0) is 57.4 Å². The lowest BCUT2D eigenvalue weighted by molar-refractivity contribution is -0.142. The van der Waals surface area contributed by atoms with Crippen molar-refractivity contribution in [1.82, 2.24) is 10.2 Å². The van der Waals surface area contributed by atoms with Crippen LogP contribution < -0.4 is 10.1 Å². The summed E-state index contributed by atoms with van der Waals surface area (Å²) in [6, 6.07) is 14.5. The highest BCUT2D eigenvalue weighted by Gasteiger charge is 2.30. The molecule has 0 aromatic heterocycles. The summed E-state index contributed by atoms with van der Waals surface area (Å²) in [5.74, 6) is -0.00247. The van der Waals surface area contributed by atoms with Crippen molar-refractivity contribution in [2.45, 2.75) is 52.1 Å². The summed E-state index contributed by atoms with van der Waals surface area (Å²) in [6.07, 6.45) is 1.15. The second-order valence-electron chi connectivity index (χ2n) is 8.35. The number of carbonyl (C=O) groups is 2. The number of nitrogens with one attached hydrogen (secondary N) is 1. The average molecular weight is 510 g/mol. The molecule has 0 heterocycles. The van der Waals surface area contributed by atoms with Gasteiger partial charge in [-0.25, -0.2) is 0 Å². The number of ether oxygens (including phenoxy) is 1. The van der Waals surface area contributed by atoms with Crippen molar-refractivity contribution in [2.75, 3.05) is 13.2 Å². The van der Waals surface area contributed by atoms with Crippen molar-refractivity contribution in [1.29, 1.82) is 0 Å². The third-order valence-electron chi connectivity index (χ3n) is 4.61. The normalized spacial score (nSPS) is 12.2. The van der Waals surface area contributed by atoms with E-state index < -0.39 is 6.04 Å². The van der Waals surface area contributed by atoms with E-state index in [9.17, 15) is 9.59 Å². The lowest BCUT2D eigenvalue weighted by atomic mass is 10.1. The molecule has 2 amide bonds. The SMILES string of the molecule is CCC(C(=O)NC(C)(C)C)N(CCc1ccccc1)C(=O)COc1ccc(Br)cc1Cl. The molecule has 168 valence electrons. The van der Waals surface area contributed by atoms with Crippen LogP contribution in [0, 0.1) is 0 Å². The zero-order valence-electron chi connectivity index (χ0n) is 18.5. The standard InChI is InChI=1S/C24H30BrClN2O3/c1-5-20(23(30)27-24(2,3)4)28(14-13-17-9-7-6-8-10-17)22(29)16-31-21-12-11-18(25)15-19(21)26/h6-12,15,20H,5,13-14,16H2,1-4H3,(H,27,30). The van der Waals surface area contributed by atoms with Crippen molar-refractivity contribution in [3.05, 3.63) is 63.6 Å². The zero-order chi connectivity index (χ0) is 23.0. The molecule has 2 aromatic carbocycles. The minimum absolute atomic E-state index is 0.168. The Morgan fingerprint density at radius 2 is 1.84 bits per heavy atom. The average Bonchev–Trinajstić information content (AvgIpc) is 2.69. The van der Waals surface area contributed by atoms with Gasteiger partial charge < -0.3 is 15.0 Å². The van der Waals surface area contributed by atoms with E-state index in [1.54, 1.807) is 23.1 Å². The number of hydrogen-bond donors (Lipinski definition) is 1. The van der Waals surface area contributed by atoms with E-state index in [1.165, 1.54) is 0 Å². The first-order valence-corrected chi connectivity index (χ1v) is 11.5. The lowest BCUT2D eigenvalue weighted by Gasteiger charge is -2.33. The Morgan fingerprint density at radius 3 is 2.42 bits per heavy atom. The molecule has 1 atom stereocenters. The molecule has 0 saturated heterocycles. The van der Waals surface area contributed by atoms with E-state index in [0.29, 0.717) is 30.2 Å². The number of amides is 2. The van der Waals surface area contributed by atoms with Gasteiger partial charge in [0.05, 0.1) is 5.02 Å². The Hall–Kier alpha value is -2.05. The van der Waals surface area contributed by atoms with Gasteiger partial charge in [0.15, 0.2) is 6.61 Å². The van der Waals surface area contributed by atoms with Crippen LogP contribution in [-0.2, 0) is 16.0 Å². The molecule has 0 bridgehead atoms. The number of rotatable bonds is 9. The predicted molar refractivity (Wildman–Crippen MR) is 128 cm³/mol. The van der Waals surface area contributed by atoms with Gasteiger partial charge in [0, 0.05) is 16.6 Å². The van der Waals surface area contributed by atoms with Crippen molar-refractivity contribution in [3.8, 4) is 5.75 Å². The third kappa shape index (κ3) is 8.19. The first kappa shape index (κ1) is 25.2. The molecule has 1 unspecified atom stereocenters. The molecule has 0 fully saturated rings. The fourth-order valence-electron chi connectivity index (χ4n) is 3.16. The monoisotopic (exact) mass is 508 g/mol. The van der Waals surface area contributed by atoms with Crippen LogP contribution >= 0.6 is 27.5 Å². The van der Waals surface area contributed by atoms with E-state index in [-0.39, 0.29) is 24.0 Å². The van der Waals surface area contributed by atoms with Gasteiger partial charge in [-0.3, -0.25) is 9.59 Å². The van der Waals surface area contributed by atoms with Crippen LogP contribution in [0.2, 0.25) is 5.02 Å². The molecular formula is C24H30BrClN2O3. The minimum Gasteiger partial charge on any atom is -0.482 e. The van der Waals surface area contributed by atoms with Crippen molar-refractivity contribution < 1.29 is 14.3 Å². The van der Waals surface area contributed by atoms with Gasteiger partial charge in [0.2, 0.25) is 5.91 Å². The molecule has 0 spiro atoms. The molecule has 5 nitrogen and oxygen atoms in total. The van der Waals surface area contributed by atoms with Crippen LogP contribution in [0.4, 0.5) is 0 Å². The summed E-state index contributed by atoms with van der Waals surface area (Å²) in [5.41, 5.74) is 0.711. The molecule has 0 aliphatic rings. The maximum absolute atomic E-state index is 13.2. The van der Waals surface area contributed by atoms with Gasteiger partial charge in [0.25, 0.3) is 5.91 Å². The number of nitrogens with zero attached hydrogens (tertiary/aromatic N) is 1. The summed E-state index contributed by atoms with van der Waals surface area (Å²) in [4.78, 5) is 27.7. The molecule has 0 aliphatic carbocycles. The molecule has 2 aromatic rings. The van der Waals surface area contributed by atoms with Gasteiger partial charge >= 0.3 is 0 Å². The topological polar surface area (TPSA) is 58.6 Å². The van der Waals surface area contributed by atoms with Crippen LogP contribution in [0.3, 0.4) is 0 Å².